The molecule has 2 N–H and O–H groups in total. The molecule has 1 aliphatic carbocycles. The van der Waals surface area contributed by atoms with Crippen molar-refractivity contribution >= 4 is 34.2 Å². The van der Waals surface area contributed by atoms with Crippen molar-refractivity contribution in [2.75, 3.05) is 6.54 Å². The Kier molecular flexibility index (Phi) is 3.22. The van der Waals surface area contributed by atoms with Crippen molar-refractivity contribution in [2.24, 2.45) is 5.73 Å². The highest BCUT2D eigenvalue weighted by Gasteiger charge is 2.25. The highest BCUT2D eigenvalue weighted by Crippen LogP contribution is 2.38. The number of imidazole rings is 1. The van der Waals surface area contributed by atoms with Crippen molar-refractivity contribution in [3.8, 4) is 0 Å². The van der Waals surface area contributed by atoms with E-state index in [4.69, 9.17) is 33.9 Å². The third-order valence-corrected chi connectivity index (χ3v) is 4.36. The zero-order valence-electron chi connectivity index (χ0n) is 10.00. The summed E-state index contributed by atoms with van der Waals surface area (Å²) >= 11 is 12.1. The smallest absolute Gasteiger partial charge is 0.113 e. The van der Waals surface area contributed by atoms with Gasteiger partial charge in [-0.15, -0.1) is 0 Å². The fourth-order valence-electron chi connectivity index (χ4n) is 2.48. The number of hydrogen-bond donors (Lipinski definition) is 1. The molecule has 5 heteroatoms. The van der Waals surface area contributed by atoms with E-state index >= 15 is 0 Å². The average Bonchev–Trinajstić information content (AvgIpc) is 2.57. The minimum Gasteiger partial charge on any atom is -0.329 e. The summed E-state index contributed by atoms with van der Waals surface area (Å²) in [6.07, 6.45) is 3.72. The number of rotatable bonds is 3. The molecule has 0 atom stereocenters. The second-order valence-electron chi connectivity index (χ2n) is 4.79. The monoisotopic (exact) mass is 283 g/mol. The molecule has 1 saturated carbocycles. The van der Waals surface area contributed by atoms with Gasteiger partial charge in [0.15, 0.2) is 0 Å². The van der Waals surface area contributed by atoms with Crippen LogP contribution in [0, 0.1) is 0 Å². The van der Waals surface area contributed by atoms with Gasteiger partial charge in [0.25, 0.3) is 0 Å². The molecule has 3 nitrogen and oxygen atoms in total. The van der Waals surface area contributed by atoms with Crippen LogP contribution >= 0.6 is 23.2 Å². The van der Waals surface area contributed by atoms with Gasteiger partial charge in [-0.1, -0.05) is 29.6 Å². The maximum absolute atomic E-state index is 6.09. The first-order chi connectivity index (χ1) is 8.70. The van der Waals surface area contributed by atoms with Gasteiger partial charge in [0, 0.05) is 19.0 Å². The molecule has 1 aromatic heterocycles. The van der Waals surface area contributed by atoms with Gasteiger partial charge in [-0.3, -0.25) is 0 Å². The number of halogens is 2. The van der Waals surface area contributed by atoms with Gasteiger partial charge in [-0.05, 0) is 25.0 Å². The summed E-state index contributed by atoms with van der Waals surface area (Å²) in [6.45, 7) is 1.38. The third-order valence-electron chi connectivity index (χ3n) is 3.64. The van der Waals surface area contributed by atoms with E-state index in [-0.39, 0.29) is 0 Å². The van der Waals surface area contributed by atoms with Crippen LogP contribution in [0.2, 0.25) is 10.0 Å². The quantitative estimate of drug-likeness (QED) is 0.936. The highest BCUT2D eigenvalue weighted by molar-refractivity contribution is 6.42. The molecule has 1 fully saturated rings. The lowest BCUT2D eigenvalue weighted by molar-refractivity contribution is 0.389. The molecule has 0 saturated heterocycles. The van der Waals surface area contributed by atoms with Crippen molar-refractivity contribution in [1.29, 1.82) is 0 Å². The fourth-order valence-corrected chi connectivity index (χ4v) is 2.80. The van der Waals surface area contributed by atoms with Crippen molar-refractivity contribution in [2.45, 2.75) is 31.7 Å². The topological polar surface area (TPSA) is 43.8 Å². The molecule has 0 radical (unpaired) electrons. The van der Waals surface area contributed by atoms with Crippen LogP contribution in [-0.2, 0) is 6.54 Å². The van der Waals surface area contributed by atoms with Crippen molar-refractivity contribution < 1.29 is 0 Å². The highest BCUT2D eigenvalue weighted by atomic mass is 35.5. The van der Waals surface area contributed by atoms with E-state index in [2.05, 4.69) is 4.57 Å². The molecule has 18 heavy (non-hydrogen) atoms. The van der Waals surface area contributed by atoms with Crippen LogP contribution in [0.4, 0.5) is 0 Å². The first kappa shape index (κ1) is 12.3. The third kappa shape index (κ3) is 1.91. The van der Waals surface area contributed by atoms with Crippen LogP contribution in [0.3, 0.4) is 0 Å². The van der Waals surface area contributed by atoms with Gasteiger partial charge in [-0.25, -0.2) is 4.98 Å². The van der Waals surface area contributed by atoms with E-state index in [9.17, 15) is 0 Å². The van der Waals surface area contributed by atoms with Crippen LogP contribution in [0.1, 0.15) is 31.0 Å². The lowest BCUT2D eigenvalue weighted by Crippen LogP contribution is -2.18. The molecule has 3 rings (SSSR count). The second kappa shape index (κ2) is 4.72. The minimum atomic E-state index is 0.557. The molecule has 0 bridgehead atoms. The Hall–Kier alpha value is -0.770. The molecule has 0 spiro atoms. The number of nitrogens with zero attached hydrogens (tertiary/aromatic N) is 2. The Balaban J connectivity index is 2.18. The molecule has 2 aromatic rings. The molecule has 1 heterocycles. The van der Waals surface area contributed by atoms with Gasteiger partial charge in [-0.2, -0.15) is 0 Å². The Morgan fingerprint density at radius 3 is 2.61 bits per heavy atom. The molecular formula is C13H15Cl2N3. The SMILES string of the molecule is NCCn1c(C2CCC2)nc2cc(Cl)c(Cl)cc21. The zero-order valence-corrected chi connectivity index (χ0v) is 11.5. The molecule has 0 amide bonds. The van der Waals surface area contributed by atoms with E-state index in [1.807, 2.05) is 12.1 Å². The summed E-state index contributed by atoms with van der Waals surface area (Å²) in [5, 5.41) is 1.13. The largest absolute Gasteiger partial charge is 0.329 e. The van der Waals surface area contributed by atoms with Crippen LogP contribution in [0.15, 0.2) is 12.1 Å². The maximum Gasteiger partial charge on any atom is 0.113 e. The summed E-state index contributed by atoms with van der Waals surface area (Å²) in [5.74, 6) is 1.71. The number of benzene rings is 1. The summed E-state index contributed by atoms with van der Waals surface area (Å²) in [5.41, 5.74) is 7.65. The van der Waals surface area contributed by atoms with Gasteiger partial charge >= 0.3 is 0 Å². The van der Waals surface area contributed by atoms with Crippen molar-refractivity contribution in [1.82, 2.24) is 9.55 Å². The first-order valence-corrected chi connectivity index (χ1v) is 7.01. The first-order valence-electron chi connectivity index (χ1n) is 6.26. The summed E-state index contributed by atoms with van der Waals surface area (Å²) in [7, 11) is 0. The van der Waals surface area contributed by atoms with Gasteiger partial charge < -0.3 is 10.3 Å². The Bertz CT molecular complexity index is 587. The van der Waals surface area contributed by atoms with E-state index in [1.165, 1.54) is 19.3 Å². The van der Waals surface area contributed by atoms with Gasteiger partial charge in [0.05, 0.1) is 21.1 Å². The number of fused-ring (bicyclic) bond motifs is 1. The number of nitrogens with two attached hydrogens (primary N) is 1. The van der Waals surface area contributed by atoms with E-state index < -0.39 is 0 Å². The van der Waals surface area contributed by atoms with Crippen LogP contribution in [0.25, 0.3) is 11.0 Å². The lowest BCUT2D eigenvalue weighted by atomic mass is 9.85. The van der Waals surface area contributed by atoms with Crippen LogP contribution in [-0.4, -0.2) is 16.1 Å². The Morgan fingerprint density at radius 2 is 2.00 bits per heavy atom. The molecule has 0 unspecified atom stereocenters. The predicted octanol–water partition coefficient (Wildman–Crippen LogP) is 3.57. The summed E-state index contributed by atoms with van der Waals surface area (Å²) in [6, 6.07) is 3.73. The van der Waals surface area contributed by atoms with Crippen molar-refractivity contribution in [3.05, 3.63) is 28.0 Å². The van der Waals surface area contributed by atoms with Crippen molar-refractivity contribution in [3.63, 3.8) is 0 Å². The molecule has 1 aliphatic rings. The van der Waals surface area contributed by atoms with Crippen LogP contribution < -0.4 is 5.73 Å². The fraction of sp³-hybridized carbons (Fsp3) is 0.462. The second-order valence-corrected chi connectivity index (χ2v) is 5.61. The minimum absolute atomic E-state index is 0.557. The van der Waals surface area contributed by atoms with E-state index in [0.717, 1.165) is 23.4 Å². The van der Waals surface area contributed by atoms with E-state index in [1.54, 1.807) is 0 Å². The zero-order chi connectivity index (χ0) is 12.7. The van der Waals surface area contributed by atoms with Crippen LogP contribution in [0.5, 0.6) is 0 Å². The molecule has 0 aliphatic heterocycles. The lowest BCUT2D eigenvalue weighted by Gasteiger charge is -2.25. The Labute approximate surface area is 116 Å². The van der Waals surface area contributed by atoms with E-state index in [0.29, 0.717) is 22.5 Å². The predicted molar refractivity (Wildman–Crippen MR) is 75.4 cm³/mol. The number of hydrogen-bond acceptors (Lipinski definition) is 2. The Morgan fingerprint density at radius 1 is 1.28 bits per heavy atom. The normalized spacial score (nSPS) is 16.2. The molecule has 1 aromatic carbocycles. The average molecular weight is 284 g/mol. The molecular weight excluding hydrogens is 269 g/mol. The number of aromatic nitrogens is 2. The molecule has 96 valence electrons. The summed E-state index contributed by atoms with van der Waals surface area (Å²) in [4.78, 5) is 4.72. The standard InChI is InChI=1S/C13H15Cl2N3/c14-9-6-11-12(7-10(9)15)18(5-4-16)13(17-11)8-2-1-3-8/h6-8H,1-5,16H2. The van der Waals surface area contributed by atoms with Gasteiger partial charge in [0.2, 0.25) is 0 Å². The summed E-state index contributed by atoms with van der Waals surface area (Å²) < 4.78 is 2.20. The van der Waals surface area contributed by atoms with Gasteiger partial charge in [0.1, 0.15) is 5.82 Å². The maximum atomic E-state index is 6.09.